The first-order chi connectivity index (χ1) is 24.3. The minimum atomic E-state index is -3.82. The summed E-state index contributed by atoms with van der Waals surface area (Å²) in [5.74, 6) is 1.12. The molecule has 0 spiro atoms. The number of alkyl halides is 6. The van der Waals surface area contributed by atoms with Crippen molar-refractivity contribution in [1.29, 1.82) is 0 Å². The lowest BCUT2D eigenvalue weighted by atomic mass is 10.1. The number of rotatable bonds is 5. The van der Waals surface area contributed by atoms with Crippen LogP contribution in [0.4, 0.5) is 26.3 Å². The number of H-pyrrole nitrogens is 1. The number of fused-ring (bicyclic) bond motifs is 4. The van der Waals surface area contributed by atoms with Crippen molar-refractivity contribution >= 4 is 22.1 Å². The number of hydrogen-bond donors (Lipinski definition) is 1. The lowest BCUT2D eigenvalue weighted by Crippen LogP contribution is -2.25. The number of nitrogens with one attached hydrogen (secondary N) is 1. The Bertz CT molecular complexity index is 2340. The predicted octanol–water partition coefficient (Wildman–Crippen LogP) is 9.13. The number of halogens is 6. The normalized spacial score (nSPS) is 18.1. The number of aryl methyl sites for hydroxylation is 2. The summed E-state index contributed by atoms with van der Waals surface area (Å²) in [6, 6.07) is 9.24. The molecule has 0 amide bonds. The Morgan fingerprint density at radius 3 is 1.73 bits per heavy atom. The predicted molar refractivity (Wildman–Crippen MR) is 169 cm³/mol. The van der Waals surface area contributed by atoms with Gasteiger partial charge in [0.1, 0.15) is 11.4 Å². The van der Waals surface area contributed by atoms with Gasteiger partial charge in [-0.05, 0) is 73.6 Å². The molecule has 16 heteroatoms. The Hall–Kier alpha value is -5.54. The van der Waals surface area contributed by atoms with Crippen molar-refractivity contribution in [1.82, 2.24) is 29.5 Å². The van der Waals surface area contributed by atoms with Crippen LogP contribution in [0.25, 0.3) is 45.1 Å². The second-order valence-electron chi connectivity index (χ2n) is 13.0. The molecule has 1 N–H and O–H groups in total. The number of imidazole rings is 2. The maximum atomic E-state index is 13.8. The lowest BCUT2D eigenvalue weighted by molar-refractivity contribution is -0.287. The topological polar surface area (TPSA) is 109 Å². The Morgan fingerprint density at radius 2 is 1.20 bits per heavy atom. The van der Waals surface area contributed by atoms with Gasteiger partial charge < -0.3 is 23.9 Å². The lowest BCUT2D eigenvalue weighted by Gasteiger charge is -2.10. The third-order valence-corrected chi connectivity index (χ3v) is 9.15. The van der Waals surface area contributed by atoms with Crippen molar-refractivity contribution in [2.24, 2.45) is 0 Å². The summed E-state index contributed by atoms with van der Waals surface area (Å²) in [4.78, 5) is 20.7. The van der Waals surface area contributed by atoms with Gasteiger partial charge in [-0.15, -0.1) is 17.6 Å². The zero-order valence-corrected chi connectivity index (χ0v) is 26.8. The summed E-state index contributed by atoms with van der Waals surface area (Å²) < 4.78 is 98.6. The molecular formula is C35H26F6N6O4. The molecule has 2 saturated carbocycles. The van der Waals surface area contributed by atoms with Gasteiger partial charge in [-0.25, -0.2) is 9.97 Å². The van der Waals surface area contributed by atoms with Crippen LogP contribution in [-0.4, -0.2) is 42.1 Å². The van der Waals surface area contributed by atoms with E-state index in [4.69, 9.17) is 0 Å². The van der Waals surface area contributed by atoms with E-state index in [-0.39, 0.29) is 39.9 Å². The number of benzene rings is 2. The summed E-state index contributed by atoms with van der Waals surface area (Å²) in [5.41, 5.74) is 6.36. The fraction of sp³-hybridized carbons (Fsp3) is 0.314. The molecule has 51 heavy (non-hydrogen) atoms. The maximum absolute atomic E-state index is 13.8. The van der Waals surface area contributed by atoms with Crippen molar-refractivity contribution in [3.63, 3.8) is 0 Å². The van der Waals surface area contributed by atoms with Gasteiger partial charge in [0.15, 0.2) is 34.6 Å². The Kier molecular flexibility index (Phi) is 6.77. The standard InChI is InChI=1S/C18H13F4N3O2.C17H13F2N3O2/c1-8-4-10(9-2-3-9)7-23-15(8)16-24-11-5-13-14(27-18(21,22)26-13)6-12(11)25(16)17(19)20;1-8-4-10(9-2-3-9)7-20-15(8)16-21-11-5-13-14(6-12(11)22-16)24-17(18,19)23-13/h4-7,9,17H,2-3H2,1H3;4-7,9H,2-3H2,1H3,(H,21,22). The van der Waals surface area contributed by atoms with Crippen LogP contribution in [0.3, 0.4) is 0 Å². The molecule has 2 fully saturated rings. The third kappa shape index (κ3) is 5.71. The second-order valence-corrected chi connectivity index (χ2v) is 13.0. The molecule has 0 atom stereocenters. The summed E-state index contributed by atoms with van der Waals surface area (Å²) in [5, 5.41) is 0. The first kappa shape index (κ1) is 31.4. The molecule has 6 aromatic rings. The van der Waals surface area contributed by atoms with Gasteiger partial charge in [-0.2, -0.15) is 8.78 Å². The van der Waals surface area contributed by atoms with Crippen LogP contribution < -0.4 is 18.9 Å². The molecule has 262 valence electrons. The molecule has 0 bridgehead atoms. The van der Waals surface area contributed by atoms with E-state index in [1.165, 1.54) is 36.6 Å². The first-order valence-electron chi connectivity index (χ1n) is 16.1. The average Bonchev–Trinajstić information content (AvgIpc) is 3.96. The maximum Gasteiger partial charge on any atom is 0.586 e. The van der Waals surface area contributed by atoms with Gasteiger partial charge in [0, 0.05) is 36.7 Å². The fourth-order valence-corrected chi connectivity index (χ4v) is 6.43. The van der Waals surface area contributed by atoms with Crippen molar-refractivity contribution in [3.8, 4) is 46.0 Å². The van der Waals surface area contributed by atoms with E-state index < -0.39 is 19.1 Å². The highest BCUT2D eigenvalue weighted by atomic mass is 19.3. The smallest absolute Gasteiger partial charge is 0.395 e. The highest BCUT2D eigenvalue weighted by Crippen LogP contribution is 2.46. The van der Waals surface area contributed by atoms with Crippen LogP contribution in [0.15, 0.2) is 48.8 Å². The van der Waals surface area contributed by atoms with Gasteiger partial charge >= 0.3 is 19.1 Å². The molecule has 4 aromatic heterocycles. The average molecular weight is 709 g/mol. The van der Waals surface area contributed by atoms with Gasteiger partial charge in [0.2, 0.25) is 0 Å². The van der Waals surface area contributed by atoms with Crippen molar-refractivity contribution in [2.75, 3.05) is 0 Å². The summed E-state index contributed by atoms with van der Waals surface area (Å²) in [6.07, 6.45) is 0.778. The quantitative estimate of drug-likeness (QED) is 0.177. The third-order valence-electron chi connectivity index (χ3n) is 9.15. The van der Waals surface area contributed by atoms with E-state index in [2.05, 4.69) is 49.9 Å². The van der Waals surface area contributed by atoms with E-state index >= 15 is 0 Å². The van der Waals surface area contributed by atoms with Crippen molar-refractivity contribution < 1.29 is 45.3 Å². The van der Waals surface area contributed by atoms with Crippen molar-refractivity contribution in [3.05, 3.63) is 71.0 Å². The summed E-state index contributed by atoms with van der Waals surface area (Å²) in [7, 11) is 0. The van der Waals surface area contributed by atoms with Gasteiger partial charge in [0.25, 0.3) is 0 Å². The molecule has 6 heterocycles. The minimum Gasteiger partial charge on any atom is -0.395 e. The van der Waals surface area contributed by atoms with Crippen LogP contribution in [0.2, 0.25) is 0 Å². The first-order valence-corrected chi connectivity index (χ1v) is 16.1. The molecule has 2 aliphatic carbocycles. The molecule has 0 radical (unpaired) electrons. The molecule has 0 saturated heterocycles. The Morgan fingerprint density at radius 1 is 0.686 bits per heavy atom. The molecule has 2 aromatic carbocycles. The van der Waals surface area contributed by atoms with Crippen LogP contribution >= 0.6 is 0 Å². The van der Waals surface area contributed by atoms with E-state index in [0.717, 1.165) is 41.3 Å². The highest BCUT2D eigenvalue weighted by Gasteiger charge is 2.45. The van der Waals surface area contributed by atoms with Crippen LogP contribution in [0.1, 0.15) is 66.3 Å². The SMILES string of the molecule is Cc1cc(C2CC2)cnc1-c1nc2cc3c(cc2[nH]1)OC(F)(F)O3.Cc1cc(C2CC2)cnc1-c1nc2cc3c(cc2n1C(F)F)OC(F)(F)O3. The largest absolute Gasteiger partial charge is 0.586 e. The number of hydrogen-bond acceptors (Lipinski definition) is 8. The van der Waals surface area contributed by atoms with Gasteiger partial charge in [-0.3, -0.25) is 14.5 Å². The minimum absolute atomic E-state index is 0.00328. The Labute approximate surface area is 284 Å². The summed E-state index contributed by atoms with van der Waals surface area (Å²) in [6.45, 7) is 0.847. The molecule has 10 nitrogen and oxygen atoms in total. The van der Waals surface area contributed by atoms with Crippen LogP contribution in [-0.2, 0) is 0 Å². The molecular weight excluding hydrogens is 682 g/mol. The Balaban J connectivity index is 0.000000137. The molecule has 2 aliphatic heterocycles. The van der Waals surface area contributed by atoms with E-state index in [1.54, 1.807) is 13.1 Å². The number of nitrogens with zero attached hydrogens (tertiary/aromatic N) is 5. The van der Waals surface area contributed by atoms with Crippen molar-refractivity contribution in [2.45, 2.75) is 70.5 Å². The van der Waals surface area contributed by atoms with E-state index in [0.29, 0.717) is 39.0 Å². The van der Waals surface area contributed by atoms with Gasteiger partial charge in [0.05, 0.1) is 22.1 Å². The number of aromatic amines is 1. The molecule has 4 aliphatic rings. The van der Waals surface area contributed by atoms with E-state index in [9.17, 15) is 26.3 Å². The number of aromatic nitrogens is 6. The zero-order chi connectivity index (χ0) is 35.4. The molecule has 10 rings (SSSR count). The van der Waals surface area contributed by atoms with E-state index in [1.807, 2.05) is 19.2 Å². The highest BCUT2D eigenvalue weighted by molar-refractivity contribution is 5.85. The van der Waals surface area contributed by atoms with Gasteiger partial charge in [-0.1, -0.05) is 12.1 Å². The monoisotopic (exact) mass is 708 g/mol. The summed E-state index contributed by atoms with van der Waals surface area (Å²) >= 11 is 0. The van der Waals surface area contributed by atoms with Crippen LogP contribution in [0.5, 0.6) is 23.0 Å². The number of ether oxygens (including phenoxy) is 4. The fourth-order valence-electron chi connectivity index (χ4n) is 6.43. The number of pyridine rings is 2. The molecule has 0 unspecified atom stereocenters. The van der Waals surface area contributed by atoms with Crippen LogP contribution in [0, 0.1) is 13.8 Å². The zero-order valence-electron chi connectivity index (χ0n) is 26.8. The second kappa shape index (κ2) is 11.0.